The van der Waals surface area contributed by atoms with Gasteiger partial charge >= 0.3 is 0 Å². The number of hydrogen-bond donors (Lipinski definition) is 1. The van der Waals surface area contributed by atoms with Crippen LogP contribution in [-0.2, 0) is 4.74 Å². The lowest BCUT2D eigenvalue weighted by molar-refractivity contribution is 0.0937. The molecule has 1 aromatic heterocycles. The van der Waals surface area contributed by atoms with Crippen LogP contribution in [0.5, 0.6) is 0 Å². The van der Waals surface area contributed by atoms with Crippen LogP contribution in [0, 0.1) is 0 Å². The van der Waals surface area contributed by atoms with Gasteiger partial charge < -0.3 is 15.0 Å². The monoisotopic (exact) mass is 319 g/mol. The highest BCUT2D eigenvalue weighted by Crippen LogP contribution is 2.31. The summed E-state index contributed by atoms with van der Waals surface area (Å²) in [4.78, 5) is 19.1. The molecule has 1 aliphatic rings. The molecule has 1 N–H and O–H groups in total. The number of carbonyl (C=O) groups is 1. The zero-order valence-corrected chi connectivity index (χ0v) is 13.6. The number of piperidine rings is 1. The lowest BCUT2D eigenvalue weighted by atomic mass is 10.1. The summed E-state index contributed by atoms with van der Waals surface area (Å²) in [7, 11) is 1.62. The quantitative estimate of drug-likeness (QED) is 0.861. The summed E-state index contributed by atoms with van der Waals surface area (Å²) in [6.45, 7) is 3.22. The minimum Gasteiger partial charge on any atom is -0.383 e. The van der Waals surface area contributed by atoms with E-state index in [0.717, 1.165) is 28.4 Å². The number of fused-ring (bicyclic) bond motifs is 1. The number of nitrogens with zero attached hydrogens (tertiary/aromatic N) is 2. The van der Waals surface area contributed by atoms with Crippen LogP contribution in [0.25, 0.3) is 10.2 Å². The molecule has 1 aliphatic heterocycles. The summed E-state index contributed by atoms with van der Waals surface area (Å²) in [6.07, 6.45) is 3.79. The molecule has 1 fully saturated rings. The van der Waals surface area contributed by atoms with Gasteiger partial charge in [-0.15, -0.1) is 0 Å². The molecule has 6 heteroatoms. The lowest BCUT2D eigenvalue weighted by Gasteiger charge is -2.25. The second-order valence-electron chi connectivity index (χ2n) is 5.48. The number of anilines is 1. The van der Waals surface area contributed by atoms with Gasteiger partial charge in [-0.05, 0) is 37.5 Å². The maximum Gasteiger partial charge on any atom is 0.251 e. The fourth-order valence-electron chi connectivity index (χ4n) is 2.64. The third-order valence-corrected chi connectivity index (χ3v) is 4.94. The minimum atomic E-state index is -0.0631. The largest absolute Gasteiger partial charge is 0.383 e. The van der Waals surface area contributed by atoms with E-state index in [1.54, 1.807) is 18.4 Å². The summed E-state index contributed by atoms with van der Waals surface area (Å²) in [6, 6.07) is 5.71. The fourth-order valence-corrected chi connectivity index (χ4v) is 3.70. The molecule has 1 aromatic carbocycles. The Labute approximate surface area is 134 Å². The SMILES string of the molecule is COCCNC(=O)c1ccc2nc(N3CCCCC3)sc2c1. The van der Waals surface area contributed by atoms with E-state index in [1.807, 2.05) is 18.2 Å². The predicted molar refractivity (Wildman–Crippen MR) is 89.9 cm³/mol. The molecule has 22 heavy (non-hydrogen) atoms. The van der Waals surface area contributed by atoms with E-state index >= 15 is 0 Å². The third-order valence-electron chi connectivity index (χ3n) is 3.86. The van der Waals surface area contributed by atoms with Crippen LogP contribution in [0.3, 0.4) is 0 Å². The second-order valence-corrected chi connectivity index (χ2v) is 6.48. The molecule has 0 bridgehead atoms. The molecule has 5 nitrogen and oxygen atoms in total. The van der Waals surface area contributed by atoms with Crippen LogP contribution in [0.15, 0.2) is 18.2 Å². The van der Waals surface area contributed by atoms with Crippen LogP contribution in [0.2, 0.25) is 0 Å². The topological polar surface area (TPSA) is 54.5 Å². The van der Waals surface area contributed by atoms with E-state index in [0.29, 0.717) is 18.7 Å². The summed E-state index contributed by atoms with van der Waals surface area (Å²) >= 11 is 1.67. The van der Waals surface area contributed by atoms with Gasteiger partial charge in [-0.1, -0.05) is 11.3 Å². The highest BCUT2D eigenvalue weighted by molar-refractivity contribution is 7.22. The number of amides is 1. The number of hydrogen-bond acceptors (Lipinski definition) is 5. The Morgan fingerprint density at radius 1 is 1.36 bits per heavy atom. The van der Waals surface area contributed by atoms with E-state index in [-0.39, 0.29) is 5.91 Å². The normalized spacial score (nSPS) is 15.2. The van der Waals surface area contributed by atoms with Crippen LogP contribution in [-0.4, -0.2) is 44.2 Å². The lowest BCUT2D eigenvalue weighted by Crippen LogP contribution is -2.29. The Kier molecular flexibility index (Phi) is 4.90. The number of ether oxygens (including phenoxy) is 1. The van der Waals surface area contributed by atoms with E-state index in [4.69, 9.17) is 9.72 Å². The number of carbonyl (C=O) groups excluding carboxylic acids is 1. The first-order chi connectivity index (χ1) is 10.8. The van der Waals surface area contributed by atoms with Crippen molar-refractivity contribution in [3.8, 4) is 0 Å². The highest BCUT2D eigenvalue weighted by Gasteiger charge is 2.16. The summed E-state index contributed by atoms with van der Waals surface area (Å²) in [5.41, 5.74) is 1.65. The zero-order valence-electron chi connectivity index (χ0n) is 12.8. The Balaban J connectivity index is 1.76. The van der Waals surface area contributed by atoms with Crippen LogP contribution in [0.4, 0.5) is 5.13 Å². The van der Waals surface area contributed by atoms with Crippen LogP contribution < -0.4 is 10.2 Å². The number of nitrogens with one attached hydrogen (secondary N) is 1. The molecule has 0 saturated carbocycles. The molecule has 2 heterocycles. The summed E-state index contributed by atoms with van der Waals surface area (Å²) in [5.74, 6) is -0.0631. The average Bonchev–Trinajstić information content (AvgIpc) is 2.99. The van der Waals surface area contributed by atoms with Crippen molar-refractivity contribution in [3.05, 3.63) is 23.8 Å². The maximum atomic E-state index is 12.1. The van der Waals surface area contributed by atoms with E-state index in [1.165, 1.54) is 19.3 Å². The molecule has 2 aromatic rings. The second kappa shape index (κ2) is 7.07. The standard InChI is InChI=1S/C16H21N3O2S/c1-21-10-7-17-15(20)12-5-6-13-14(11-12)22-16(18-13)19-8-3-2-4-9-19/h5-6,11H,2-4,7-10H2,1H3,(H,17,20). The van der Waals surface area contributed by atoms with Crippen molar-refractivity contribution >= 4 is 32.6 Å². The summed E-state index contributed by atoms with van der Waals surface area (Å²) < 4.78 is 6.01. The first-order valence-corrected chi connectivity index (χ1v) is 8.52. The number of methoxy groups -OCH3 is 1. The first kappa shape index (κ1) is 15.2. The Bertz CT molecular complexity index is 650. The van der Waals surface area contributed by atoms with Gasteiger partial charge in [0.05, 0.1) is 16.8 Å². The molecule has 3 rings (SSSR count). The van der Waals surface area contributed by atoms with Crippen molar-refractivity contribution in [2.75, 3.05) is 38.3 Å². The maximum absolute atomic E-state index is 12.1. The molecule has 0 aliphatic carbocycles. The molecule has 1 saturated heterocycles. The van der Waals surface area contributed by atoms with Gasteiger partial charge in [0, 0.05) is 32.3 Å². The van der Waals surface area contributed by atoms with Gasteiger partial charge in [-0.3, -0.25) is 4.79 Å². The number of thiazole rings is 1. The minimum absolute atomic E-state index is 0.0631. The Morgan fingerprint density at radius 3 is 2.95 bits per heavy atom. The number of benzene rings is 1. The first-order valence-electron chi connectivity index (χ1n) is 7.70. The van der Waals surface area contributed by atoms with Gasteiger partial charge in [0.15, 0.2) is 5.13 Å². The van der Waals surface area contributed by atoms with Gasteiger partial charge in [-0.25, -0.2) is 4.98 Å². The third kappa shape index (κ3) is 3.39. The van der Waals surface area contributed by atoms with Crippen molar-refractivity contribution in [3.63, 3.8) is 0 Å². The van der Waals surface area contributed by atoms with Crippen molar-refractivity contribution in [1.82, 2.24) is 10.3 Å². The number of rotatable bonds is 5. The van der Waals surface area contributed by atoms with E-state index in [9.17, 15) is 4.79 Å². The molecule has 0 spiro atoms. The van der Waals surface area contributed by atoms with E-state index in [2.05, 4.69) is 10.2 Å². The average molecular weight is 319 g/mol. The van der Waals surface area contributed by atoms with Gasteiger partial charge in [0.2, 0.25) is 0 Å². The fraction of sp³-hybridized carbons (Fsp3) is 0.500. The number of aromatic nitrogens is 1. The van der Waals surface area contributed by atoms with E-state index < -0.39 is 0 Å². The van der Waals surface area contributed by atoms with Crippen molar-refractivity contribution in [1.29, 1.82) is 0 Å². The van der Waals surface area contributed by atoms with Gasteiger partial charge in [0.25, 0.3) is 5.91 Å². The molecule has 0 atom stereocenters. The molecule has 118 valence electrons. The molecule has 0 radical (unpaired) electrons. The molecule has 0 unspecified atom stereocenters. The predicted octanol–water partition coefficient (Wildman–Crippen LogP) is 2.66. The smallest absolute Gasteiger partial charge is 0.251 e. The zero-order chi connectivity index (χ0) is 15.4. The van der Waals surface area contributed by atoms with Crippen LogP contribution >= 0.6 is 11.3 Å². The van der Waals surface area contributed by atoms with Crippen LogP contribution in [0.1, 0.15) is 29.6 Å². The molecule has 1 amide bonds. The van der Waals surface area contributed by atoms with Crippen molar-refractivity contribution in [2.24, 2.45) is 0 Å². The van der Waals surface area contributed by atoms with Gasteiger partial charge in [0.1, 0.15) is 0 Å². The Hall–Kier alpha value is -1.66. The van der Waals surface area contributed by atoms with Crippen molar-refractivity contribution < 1.29 is 9.53 Å². The highest BCUT2D eigenvalue weighted by atomic mass is 32.1. The molecular weight excluding hydrogens is 298 g/mol. The van der Waals surface area contributed by atoms with Gasteiger partial charge in [-0.2, -0.15) is 0 Å². The Morgan fingerprint density at radius 2 is 2.18 bits per heavy atom. The molecular formula is C16H21N3O2S. The van der Waals surface area contributed by atoms with Crippen molar-refractivity contribution in [2.45, 2.75) is 19.3 Å². The summed E-state index contributed by atoms with van der Waals surface area (Å²) in [5, 5.41) is 3.92.